The number of nitrogens with zero attached hydrogens (tertiary/aromatic N) is 5. The van der Waals surface area contributed by atoms with Crippen molar-refractivity contribution < 1.29 is 0 Å². The summed E-state index contributed by atoms with van der Waals surface area (Å²) in [7, 11) is 0. The van der Waals surface area contributed by atoms with Gasteiger partial charge in [0.15, 0.2) is 17.5 Å². The van der Waals surface area contributed by atoms with Crippen LogP contribution in [0.1, 0.15) is 68.6 Å². The van der Waals surface area contributed by atoms with Crippen LogP contribution in [0.15, 0.2) is 236 Å². The molecule has 5 heteroatoms. The second kappa shape index (κ2) is 18.0. The molecule has 77 heavy (non-hydrogen) atoms. The fourth-order valence-corrected chi connectivity index (χ4v) is 13.2. The average molecular weight is 990 g/mol. The molecule has 368 valence electrons. The van der Waals surface area contributed by atoms with E-state index >= 15 is 0 Å². The van der Waals surface area contributed by atoms with Gasteiger partial charge in [0, 0.05) is 55.3 Å². The Bertz CT molecular complexity index is 4430. The monoisotopic (exact) mass is 989 g/mol. The van der Waals surface area contributed by atoms with Gasteiger partial charge in [0.25, 0.3) is 0 Å². The van der Waals surface area contributed by atoms with Crippen molar-refractivity contribution in [3.05, 3.63) is 253 Å². The highest BCUT2D eigenvalue weighted by atomic mass is 15.1. The summed E-state index contributed by atoms with van der Waals surface area (Å²) in [5, 5.41) is 4.92. The van der Waals surface area contributed by atoms with Gasteiger partial charge in [-0.3, -0.25) is 0 Å². The van der Waals surface area contributed by atoms with Gasteiger partial charge in [-0.1, -0.05) is 208 Å². The minimum Gasteiger partial charge on any atom is -0.310 e. The van der Waals surface area contributed by atoms with E-state index in [4.69, 9.17) is 15.0 Å². The molecule has 0 amide bonds. The van der Waals surface area contributed by atoms with Crippen LogP contribution in [0.2, 0.25) is 0 Å². The summed E-state index contributed by atoms with van der Waals surface area (Å²) in [5.74, 6) is 2.28. The Labute approximate surface area is 449 Å². The molecule has 5 nitrogen and oxygen atoms in total. The summed E-state index contributed by atoms with van der Waals surface area (Å²) in [6.07, 6.45) is 25.9. The van der Waals surface area contributed by atoms with Crippen LogP contribution in [0.4, 0.5) is 0 Å². The SMILES string of the molecule is CC1(C)C2=C(C=CCC2)c2c(-c3nc(-c4ccc(-c5ccccc5)cc4)nc(-c4ccccc4-n4c5ccccc5c5c(-c6cccc7c6c6ccc(C8C=CC=CC8)cc6n7C6=CCCC=C6)cccc54)n3)cccc21. The summed E-state index contributed by atoms with van der Waals surface area (Å²) in [4.78, 5) is 16.4. The Morgan fingerprint density at radius 3 is 1.92 bits per heavy atom. The lowest BCUT2D eigenvalue weighted by atomic mass is 9.78. The van der Waals surface area contributed by atoms with Crippen LogP contribution >= 0.6 is 0 Å². The topological polar surface area (TPSA) is 48.5 Å². The molecule has 0 aliphatic heterocycles. The van der Waals surface area contributed by atoms with E-state index in [2.05, 4.69) is 254 Å². The lowest BCUT2D eigenvalue weighted by molar-refractivity contribution is 0.607. The van der Waals surface area contributed by atoms with E-state index in [9.17, 15) is 0 Å². The third-order valence-corrected chi connectivity index (χ3v) is 16.9. The third kappa shape index (κ3) is 7.24. The van der Waals surface area contributed by atoms with Crippen LogP contribution in [0.25, 0.3) is 117 Å². The van der Waals surface area contributed by atoms with Gasteiger partial charge in [0.1, 0.15) is 0 Å². The van der Waals surface area contributed by atoms with Crippen LogP contribution in [0.5, 0.6) is 0 Å². The van der Waals surface area contributed by atoms with Crippen molar-refractivity contribution >= 4 is 54.9 Å². The molecule has 8 aromatic carbocycles. The fraction of sp³-hybridized carbons (Fsp3) is 0.125. The van der Waals surface area contributed by atoms with Gasteiger partial charge >= 0.3 is 0 Å². The van der Waals surface area contributed by atoms with E-state index in [1.807, 2.05) is 0 Å². The van der Waals surface area contributed by atoms with Gasteiger partial charge < -0.3 is 9.13 Å². The van der Waals surface area contributed by atoms with E-state index in [0.29, 0.717) is 23.4 Å². The van der Waals surface area contributed by atoms with Crippen LogP contribution in [-0.2, 0) is 5.41 Å². The molecule has 0 N–H and O–H groups in total. The van der Waals surface area contributed by atoms with Crippen LogP contribution < -0.4 is 0 Å². The van der Waals surface area contributed by atoms with Gasteiger partial charge in [-0.15, -0.1) is 0 Å². The highest BCUT2D eigenvalue weighted by Crippen LogP contribution is 2.53. The highest BCUT2D eigenvalue weighted by Gasteiger charge is 2.39. The zero-order chi connectivity index (χ0) is 51.2. The predicted molar refractivity (Wildman–Crippen MR) is 321 cm³/mol. The van der Waals surface area contributed by atoms with Gasteiger partial charge in [-0.05, 0) is 119 Å². The van der Waals surface area contributed by atoms with Crippen molar-refractivity contribution in [1.82, 2.24) is 24.1 Å². The van der Waals surface area contributed by atoms with E-state index in [0.717, 1.165) is 71.1 Å². The van der Waals surface area contributed by atoms with Gasteiger partial charge in [0.05, 0.1) is 27.8 Å². The lowest BCUT2D eigenvalue weighted by Gasteiger charge is -2.25. The number of para-hydroxylation sites is 2. The van der Waals surface area contributed by atoms with E-state index < -0.39 is 0 Å². The molecule has 0 fully saturated rings. The molecule has 0 radical (unpaired) electrons. The Kier molecular flexibility index (Phi) is 10.6. The zero-order valence-electron chi connectivity index (χ0n) is 43.3. The number of fused-ring (bicyclic) bond motifs is 8. The van der Waals surface area contributed by atoms with Crippen molar-refractivity contribution in [1.29, 1.82) is 0 Å². The molecule has 1 unspecified atom stereocenters. The molecule has 4 aliphatic carbocycles. The number of hydrogen-bond donors (Lipinski definition) is 0. The first-order valence-corrected chi connectivity index (χ1v) is 27.3. The maximum absolute atomic E-state index is 5.56. The maximum Gasteiger partial charge on any atom is 0.166 e. The molecule has 3 heterocycles. The second-order valence-electron chi connectivity index (χ2n) is 21.6. The van der Waals surface area contributed by atoms with Crippen molar-refractivity contribution in [2.45, 2.75) is 57.3 Å². The number of allylic oxidation sites excluding steroid dienone is 12. The molecule has 0 spiro atoms. The Balaban J connectivity index is 0.941. The summed E-state index contributed by atoms with van der Waals surface area (Å²) in [5.41, 5.74) is 21.2. The molecule has 4 aliphatic rings. The molecule has 0 saturated carbocycles. The van der Waals surface area contributed by atoms with Crippen LogP contribution in [-0.4, -0.2) is 24.1 Å². The third-order valence-electron chi connectivity index (χ3n) is 16.9. The first kappa shape index (κ1) is 45.2. The molecular weight excluding hydrogens is 935 g/mol. The molecule has 1 atom stereocenters. The minimum atomic E-state index is -0.0971. The lowest BCUT2D eigenvalue weighted by Crippen LogP contribution is -2.17. The number of rotatable bonds is 8. The van der Waals surface area contributed by atoms with Crippen molar-refractivity contribution in [3.8, 4) is 62.1 Å². The minimum absolute atomic E-state index is 0.0971. The smallest absolute Gasteiger partial charge is 0.166 e. The summed E-state index contributed by atoms with van der Waals surface area (Å²) in [6, 6.07) is 64.4. The van der Waals surface area contributed by atoms with E-state index in [1.165, 1.54) is 82.8 Å². The van der Waals surface area contributed by atoms with Gasteiger partial charge in [-0.2, -0.15) is 0 Å². The molecule has 0 bridgehead atoms. The normalized spacial score (nSPS) is 16.5. The number of aromatic nitrogens is 5. The Hall–Kier alpha value is -9.19. The van der Waals surface area contributed by atoms with E-state index in [-0.39, 0.29) is 5.41 Å². The number of benzene rings is 8. The Morgan fingerprint density at radius 1 is 0.481 bits per heavy atom. The average Bonchev–Trinajstić information content (AvgIpc) is 4.32. The van der Waals surface area contributed by atoms with Crippen LogP contribution in [0.3, 0.4) is 0 Å². The van der Waals surface area contributed by atoms with Crippen molar-refractivity contribution in [2.24, 2.45) is 0 Å². The standard InChI is InChI=1S/C72H55N5/c1-72(2)59-33-15-12-27-54(59)66-58(32-18-34-60(66)72)71-74-69(49-41-39-48(40-42-49)46-21-6-3-7-22-46)73-70(75-71)57-29-14-17-36-62(57)77-61-35-16-13-28-55(61)67-52(31-20-38-64(67)77)53-30-19-37-63-68(53)56-44-43-50(47-23-8-4-9-24-47)45-65(56)76(63)51-25-10-5-11-26-51/h3-4,6-10,12-14,16-23,25-32,34-45,47H,5,11,15,24,33H2,1-2H3. The molecular formula is C72H55N5. The summed E-state index contributed by atoms with van der Waals surface area (Å²) < 4.78 is 4.95. The van der Waals surface area contributed by atoms with Crippen molar-refractivity contribution in [2.75, 3.05) is 0 Å². The largest absolute Gasteiger partial charge is 0.310 e. The summed E-state index contributed by atoms with van der Waals surface area (Å²) in [6.45, 7) is 4.75. The fourth-order valence-electron chi connectivity index (χ4n) is 13.2. The maximum atomic E-state index is 5.56. The van der Waals surface area contributed by atoms with E-state index in [1.54, 1.807) is 0 Å². The highest BCUT2D eigenvalue weighted by molar-refractivity contribution is 6.22. The molecule has 0 saturated heterocycles. The van der Waals surface area contributed by atoms with Crippen molar-refractivity contribution in [3.63, 3.8) is 0 Å². The number of hydrogen-bond acceptors (Lipinski definition) is 3. The molecule has 15 rings (SSSR count). The van der Waals surface area contributed by atoms with Gasteiger partial charge in [0.2, 0.25) is 0 Å². The van der Waals surface area contributed by atoms with Crippen LogP contribution in [0, 0.1) is 0 Å². The predicted octanol–water partition coefficient (Wildman–Crippen LogP) is 18.6. The summed E-state index contributed by atoms with van der Waals surface area (Å²) >= 11 is 0. The first-order valence-electron chi connectivity index (χ1n) is 27.3. The van der Waals surface area contributed by atoms with Gasteiger partial charge in [-0.25, -0.2) is 15.0 Å². The Morgan fingerprint density at radius 2 is 1.13 bits per heavy atom. The molecule has 11 aromatic rings. The first-order chi connectivity index (χ1) is 38.0. The molecule has 3 aromatic heterocycles. The quantitative estimate of drug-likeness (QED) is 0.152. The second-order valence-corrected chi connectivity index (χ2v) is 21.6. The zero-order valence-corrected chi connectivity index (χ0v) is 43.3.